The lowest BCUT2D eigenvalue weighted by Gasteiger charge is -2.26. The van der Waals surface area contributed by atoms with Gasteiger partial charge in [-0.3, -0.25) is 4.79 Å². The van der Waals surface area contributed by atoms with Gasteiger partial charge in [0.05, 0.1) is 5.69 Å². The molecule has 5 rings (SSSR count). The third-order valence-corrected chi connectivity index (χ3v) is 6.04. The Bertz CT molecular complexity index is 1290. The second-order valence-electron chi connectivity index (χ2n) is 8.61. The van der Waals surface area contributed by atoms with E-state index in [1.807, 2.05) is 18.2 Å². The zero-order chi connectivity index (χ0) is 24.7. The number of aromatic nitrogens is 5. The first-order chi connectivity index (χ1) is 17.6. The molecular weight excluding hydrogens is 461 g/mol. The summed E-state index contributed by atoms with van der Waals surface area (Å²) in [6.07, 6.45) is 3.69. The van der Waals surface area contributed by atoms with Crippen LogP contribution in [0.3, 0.4) is 0 Å². The summed E-state index contributed by atoms with van der Waals surface area (Å²) in [5.74, 6) is 0.996. The highest BCUT2D eigenvalue weighted by Crippen LogP contribution is 2.27. The lowest BCUT2D eigenvalue weighted by atomic mass is 10.1. The van der Waals surface area contributed by atoms with Gasteiger partial charge >= 0.3 is 0 Å². The van der Waals surface area contributed by atoms with Crippen LogP contribution in [0, 0.1) is 5.82 Å². The second-order valence-corrected chi connectivity index (χ2v) is 8.61. The fourth-order valence-corrected chi connectivity index (χ4v) is 4.15. The maximum atomic E-state index is 13.1. The molecule has 1 aliphatic rings. The molecular formula is C26H26FN7O2. The second kappa shape index (κ2) is 11.0. The van der Waals surface area contributed by atoms with Gasteiger partial charge in [0.25, 0.3) is 5.91 Å². The van der Waals surface area contributed by atoms with Crippen LogP contribution in [0.15, 0.2) is 60.7 Å². The molecule has 36 heavy (non-hydrogen) atoms. The summed E-state index contributed by atoms with van der Waals surface area (Å²) >= 11 is 0. The summed E-state index contributed by atoms with van der Waals surface area (Å²) in [5, 5.41) is 17.0. The number of piperidine rings is 1. The van der Waals surface area contributed by atoms with Crippen LogP contribution >= 0.6 is 0 Å². The molecule has 0 atom stereocenters. The third kappa shape index (κ3) is 5.89. The predicted octanol–water partition coefficient (Wildman–Crippen LogP) is 4.08. The van der Waals surface area contributed by atoms with Crippen molar-refractivity contribution in [1.29, 1.82) is 0 Å². The molecule has 2 aromatic heterocycles. The molecule has 0 spiro atoms. The normalized spacial score (nSPS) is 13.9. The first kappa shape index (κ1) is 23.6. The summed E-state index contributed by atoms with van der Waals surface area (Å²) < 4.78 is 18.9. The Balaban J connectivity index is 1.34. The smallest absolute Gasteiger partial charge is 0.269 e. The number of benzene rings is 2. The molecule has 9 nitrogen and oxygen atoms in total. The van der Waals surface area contributed by atoms with E-state index in [4.69, 9.17) is 4.74 Å². The first-order valence-corrected chi connectivity index (χ1v) is 11.9. The molecule has 0 aliphatic carbocycles. The quantitative estimate of drug-likeness (QED) is 0.386. The molecule has 10 heteroatoms. The summed E-state index contributed by atoms with van der Waals surface area (Å²) in [4.78, 5) is 20.0. The van der Waals surface area contributed by atoms with E-state index in [1.165, 1.54) is 31.4 Å². The molecule has 1 fully saturated rings. The Kier molecular flexibility index (Phi) is 7.23. The fraction of sp³-hybridized carbons (Fsp3) is 0.269. The van der Waals surface area contributed by atoms with Crippen LogP contribution in [0.25, 0.3) is 22.6 Å². The maximum Gasteiger partial charge on any atom is 0.269 e. The van der Waals surface area contributed by atoms with E-state index in [1.54, 1.807) is 30.3 Å². The van der Waals surface area contributed by atoms with Gasteiger partial charge in [0.2, 0.25) is 0 Å². The molecule has 1 amide bonds. The third-order valence-electron chi connectivity index (χ3n) is 6.04. The topological polar surface area (TPSA) is 109 Å². The van der Waals surface area contributed by atoms with Gasteiger partial charge in [-0.1, -0.05) is 6.42 Å². The van der Waals surface area contributed by atoms with Crippen molar-refractivity contribution in [2.75, 3.05) is 26.2 Å². The Hall–Kier alpha value is -4.18. The monoisotopic (exact) mass is 487 g/mol. The summed E-state index contributed by atoms with van der Waals surface area (Å²) in [6, 6.07) is 16.6. The lowest BCUT2D eigenvalue weighted by molar-refractivity contribution is 0.0941. The predicted molar refractivity (Wildman–Crippen MR) is 132 cm³/mol. The fourth-order valence-electron chi connectivity index (χ4n) is 4.15. The molecule has 0 bridgehead atoms. The van der Waals surface area contributed by atoms with E-state index in [9.17, 15) is 9.18 Å². The van der Waals surface area contributed by atoms with Gasteiger partial charge in [0, 0.05) is 24.2 Å². The SMILES string of the molecule is O=C(NCCN1CCCCC1)c1cc(-c2nnn[nH]2)cc(-c2ccc(Oc3ccc(F)cc3)cc2)n1. The van der Waals surface area contributed by atoms with E-state index in [0.717, 1.165) is 25.2 Å². The number of ether oxygens (including phenoxy) is 1. The van der Waals surface area contributed by atoms with Gasteiger partial charge in [-0.25, -0.2) is 14.5 Å². The van der Waals surface area contributed by atoms with Crippen molar-refractivity contribution in [1.82, 2.24) is 35.8 Å². The van der Waals surface area contributed by atoms with Crippen molar-refractivity contribution in [2.45, 2.75) is 19.3 Å². The highest BCUT2D eigenvalue weighted by molar-refractivity contribution is 5.94. The number of tetrazole rings is 1. The van der Waals surface area contributed by atoms with E-state index in [2.05, 4.69) is 35.8 Å². The minimum Gasteiger partial charge on any atom is -0.457 e. The summed E-state index contributed by atoms with van der Waals surface area (Å²) in [7, 11) is 0. The number of carbonyl (C=O) groups excluding carboxylic acids is 1. The van der Waals surface area contributed by atoms with Crippen molar-refractivity contribution in [3.05, 3.63) is 72.2 Å². The van der Waals surface area contributed by atoms with Crippen LogP contribution in [0.5, 0.6) is 11.5 Å². The van der Waals surface area contributed by atoms with Gasteiger partial charge in [-0.15, -0.1) is 5.10 Å². The zero-order valence-corrected chi connectivity index (χ0v) is 19.7. The number of H-pyrrole nitrogens is 1. The van der Waals surface area contributed by atoms with Crippen molar-refractivity contribution in [3.63, 3.8) is 0 Å². The van der Waals surface area contributed by atoms with Crippen molar-refractivity contribution in [2.24, 2.45) is 0 Å². The summed E-state index contributed by atoms with van der Waals surface area (Å²) in [5.41, 5.74) is 2.32. The molecule has 1 saturated heterocycles. The van der Waals surface area contributed by atoms with E-state index < -0.39 is 0 Å². The average molecular weight is 488 g/mol. The number of hydrogen-bond acceptors (Lipinski definition) is 7. The van der Waals surface area contributed by atoms with Gasteiger partial charge in [-0.05, 0) is 97.0 Å². The van der Waals surface area contributed by atoms with Crippen molar-refractivity contribution >= 4 is 5.91 Å². The van der Waals surface area contributed by atoms with Crippen LogP contribution in [-0.2, 0) is 0 Å². The van der Waals surface area contributed by atoms with Gasteiger partial charge in [0.1, 0.15) is 23.0 Å². The number of aromatic amines is 1. The average Bonchev–Trinajstić information content (AvgIpc) is 3.46. The van der Waals surface area contributed by atoms with E-state index >= 15 is 0 Å². The highest BCUT2D eigenvalue weighted by Gasteiger charge is 2.16. The first-order valence-electron chi connectivity index (χ1n) is 11.9. The van der Waals surface area contributed by atoms with Gasteiger partial charge < -0.3 is 15.0 Å². The van der Waals surface area contributed by atoms with E-state index in [-0.39, 0.29) is 17.4 Å². The number of amides is 1. The van der Waals surface area contributed by atoms with Crippen LogP contribution in [0.4, 0.5) is 4.39 Å². The zero-order valence-electron chi connectivity index (χ0n) is 19.7. The van der Waals surface area contributed by atoms with Crippen molar-refractivity contribution in [3.8, 4) is 34.1 Å². The Labute approximate surface area is 207 Å². The standard InChI is InChI=1S/C26H26FN7O2/c27-20-6-10-22(11-7-20)36-21-8-4-18(5-9-21)23-16-19(25-30-32-33-31-25)17-24(29-23)26(35)28-12-15-34-13-2-1-3-14-34/h4-11,16-17H,1-3,12-15H2,(H,28,35)(H,30,31,32,33). The molecule has 4 aromatic rings. The van der Waals surface area contributed by atoms with Gasteiger partial charge in [0.15, 0.2) is 5.82 Å². The van der Waals surface area contributed by atoms with Crippen LogP contribution < -0.4 is 10.1 Å². The number of halogens is 1. The Morgan fingerprint density at radius 3 is 2.39 bits per heavy atom. The lowest BCUT2D eigenvalue weighted by Crippen LogP contribution is -2.37. The van der Waals surface area contributed by atoms with Gasteiger partial charge in [-0.2, -0.15) is 0 Å². The number of nitrogens with one attached hydrogen (secondary N) is 2. The molecule has 184 valence electrons. The molecule has 3 heterocycles. The molecule has 0 unspecified atom stereocenters. The van der Waals surface area contributed by atoms with Crippen LogP contribution in [-0.4, -0.2) is 62.6 Å². The number of likely N-dealkylation sites (tertiary alicyclic amines) is 1. The largest absolute Gasteiger partial charge is 0.457 e. The van der Waals surface area contributed by atoms with E-state index in [0.29, 0.717) is 35.1 Å². The number of carbonyl (C=O) groups is 1. The van der Waals surface area contributed by atoms with Crippen LogP contribution in [0.1, 0.15) is 29.8 Å². The molecule has 1 aliphatic heterocycles. The van der Waals surface area contributed by atoms with Crippen LogP contribution in [0.2, 0.25) is 0 Å². The van der Waals surface area contributed by atoms with Crippen molar-refractivity contribution < 1.29 is 13.9 Å². The maximum absolute atomic E-state index is 13.1. The molecule has 2 N–H and O–H groups in total. The summed E-state index contributed by atoms with van der Waals surface area (Å²) in [6.45, 7) is 3.53. The minimum atomic E-state index is -0.322. The minimum absolute atomic E-state index is 0.251. The number of hydrogen-bond donors (Lipinski definition) is 2. The number of rotatable bonds is 8. The Morgan fingerprint density at radius 1 is 0.972 bits per heavy atom. The Morgan fingerprint density at radius 2 is 1.69 bits per heavy atom. The molecule has 0 saturated carbocycles. The highest BCUT2D eigenvalue weighted by atomic mass is 19.1. The molecule has 2 aromatic carbocycles. The number of pyridine rings is 1. The molecule has 0 radical (unpaired) electrons. The number of nitrogens with zero attached hydrogens (tertiary/aromatic N) is 5.